The Bertz CT molecular complexity index is 1110. The molecule has 3 rings (SSSR count). The van der Waals surface area contributed by atoms with Gasteiger partial charge in [-0.3, -0.25) is 14.9 Å². The number of hydrogen-bond donors (Lipinski definition) is 2. The van der Waals surface area contributed by atoms with Crippen molar-refractivity contribution in [2.75, 3.05) is 12.0 Å². The lowest BCUT2D eigenvalue weighted by molar-refractivity contribution is -0.144. The number of nitrogens with one attached hydrogen (secondary N) is 1. The van der Waals surface area contributed by atoms with Crippen molar-refractivity contribution in [1.82, 2.24) is 5.32 Å². The summed E-state index contributed by atoms with van der Waals surface area (Å²) in [5.74, 6) is -2.63. The van der Waals surface area contributed by atoms with Crippen LogP contribution in [-0.4, -0.2) is 42.1 Å². The number of ether oxygens (including phenoxy) is 2. The summed E-state index contributed by atoms with van der Waals surface area (Å²) in [6.45, 7) is 3.14. The van der Waals surface area contributed by atoms with E-state index in [1.165, 1.54) is 26.2 Å². The lowest BCUT2D eigenvalue weighted by Crippen LogP contribution is -2.54. The summed E-state index contributed by atoms with van der Waals surface area (Å²) in [7, 11) is 1.38. The predicted molar refractivity (Wildman–Crippen MR) is 111 cm³/mol. The quantitative estimate of drug-likeness (QED) is 0.540. The van der Waals surface area contributed by atoms with Crippen molar-refractivity contribution in [3.8, 4) is 11.5 Å². The van der Waals surface area contributed by atoms with Crippen LogP contribution >= 0.6 is 0 Å². The highest BCUT2D eigenvalue weighted by molar-refractivity contribution is 6.39. The summed E-state index contributed by atoms with van der Waals surface area (Å²) in [5.41, 5.74) is 1.06. The molecule has 2 aromatic carbocycles. The van der Waals surface area contributed by atoms with E-state index < -0.39 is 29.9 Å². The Kier molecular flexibility index (Phi) is 6.05. The molecule has 0 aromatic heterocycles. The molecule has 160 valence electrons. The summed E-state index contributed by atoms with van der Waals surface area (Å²) >= 11 is 0. The van der Waals surface area contributed by atoms with Crippen molar-refractivity contribution >= 4 is 35.6 Å². The number of benzene rings is 2. The molecule has 1 atom stereocenters. The van der Waals surface area contributed by atoms with Crippen molar-refractivity contribution in [2.24, 2.45) is 0 Å². The van der Waals surface area contributed by atoms with Crippen LogP contribution in [-0.2, 0) is 14.4 Å². The molecule has 9 heteroatoms. The minimum absolute atomic E-state index is 0.0482. The molecule has 0 radical (unpaired) electrons. The zero-order chi connectivity index (χ0) is 22.7. The van der Waals surface area contributed by atoms with Crippen LogP contribution in [0.15, 0.2) is 48.0 Å². The van der Waals surface area contributed by atoms with Crippen molar-refractivity contribution in [1.29, 1.82) is 0 Å². The summed E-state index contributed by atoms with van der Waals surface area (Å²) in [6, 6.07) is 10.5. The topological polar surface area (TPSA) is 122 Å². The van der Waals surface area contributed by atoms with E-state index in [4.69, 9.17) is 9.47 Å². The molecule has 2 N–H and O–H groups in total. The number of rotatable bonds is 6. The monoisotopic (exact) mass is 424 g/mol. The maximum absolute atomic E-state index is 13.1. The zero-order valence-electron chi connectivity index (χ0n) is 17.0. The molecule has 2 aromatic rings. The van der Waals surface area contributed by atoms with Gasteiger partial charge in [-0.2, -0.15) is 0 Å². The highest BCUT2D eigenvalue weighted by atomic mass is 16.5. The van der Waals surface area contributed by atoms with Gasteiger partial charge >= 0.3 is 12.0 Å². The number of imide groups is 2. The number of carbonyl (C=O) groups excluding carboxylic acids is 3. The molecular formula is C22H20N2O7. The van der Waals surface area contributed by atoms with Gasteiger partial charge in [0.2, 0.25) is 0 Å². The normalized spacial score (nSPS) is 16.2. The fourth-order valence-electron chi connectivity index (χ4n) is 2.98. The van der Waals surface area contributed by atoms with Crippen LogP contribution in [0, 0.1) is 6.92 Å². The number of carboxylic acid groups (broad SMARTS) is 1. The fraction of sp³-hybridized carbons (Fsp3) is 0.182. The Morgan fingerprint density at radius 2 is 1.87 bits per heavy atom. The number of amides is 4. The number of methoxy groups -OCH3 is 1. The number of carbonyl (C=O) groups is 4. The first kappa shape index (κ1) is 21.6. The molecule has 0 aliphatic carbocycles. The molecule has 0 saturated carbocycles. The number of barbiturate groups is 1. The molecule has 4 amide bonds. The molecule has 0 spiro atoms. The van der Waals surface area contributed by atoms with Crippen molar-refractivity contribution in [3.63, 3.8) is 0 Å². The van der Waals surface area contributed by atoms with Crippen LogP contribution < -0.4 is 19.7 Å². The van der Waals surface area contributed by atoms with Gasteiger partial charge in [-0.05, 0) is 43.7 Å². The third-order valence-corrected chi connectivity index (χ3v) is 4.53. The Morgan fingerprint density at radius 3 is 2.52 bits per heavy atom. The van der Waals surface area contributed by atoms with Gasteiger partial charge in [0.15, 0.2) is 17.6 Å². The summed E-state index contributed by atoms with van der Waals surface area (Å²) in [4.78, 5) is 50.0. The van der Waals surface area contributed by atoms with Gasteiger partial charge in [0.05, 0.1) is 12.8 Å². The van der Waals surface area contributed by atoms with E-state index in [0.717, 1.165) is 10.5 Å². The molecule has 1 heterocycles. The zero-order valence-corrected chi connectivity index (χ0v) is 17.0. The highest BCUT2D eigenvalue weighted by Gasteiger charge is 2.37. The Balaban J connectivity index is 2.08. The first-order valence-electron chi connectivity index (χ1n) is 9.27. The van der Waals surface area contributed by atoms with Crippen LogP contribution in [0.2, 0.25) is 0 Å². The van der Waals surface area contributed by atoms with Gasteiger partial charge in [0.25, 0.3) is 11.8 Å². The Morgan fingerprint density at radius 1 is 1.16 bits per heavy atom. The number of nitrogens with zero attached hydrogens (tertiary/aromatic N) is 1. The summed E-state index contributed by atoms with van der Waals surface area (Å²) in [5, 5.41) is 11.3. The second kappa shape index (κ2) is 8.70. The lowest BCUT2D eigenvalue weighted by atomic mass is 10.0. The molecular weight excluding hydrogens is 404 g/mol. The van der Waals surface area contributed by atoms with Gasteiger partial charge < -0.3 is 14.6 Å². The number of para-hydroxylation sites is 1. The highest BCUT2D eigenvalue weighted by Crippen LogP contribution is 2.34. The maximum Gasteiger partial charge on any atom is 0.344 e. The largest absolute Gasteiger partial charge is 0.493 e. The molecule has 1 aliphatic rings. The molecule has 9 nitrogen and oxygen atoms in total. The van der Waals surface area contributed by atoms with Crippen LogP contribution in [0.3, 0.4) is 0 Å². The SMILES string of the molecule is COc1cccc(/C=C2\C(=O)NC(=O)N(c3cccc(C)c3)C2=O)c1O[C@@H](C)C(=O)O. The van der Waals surface area contributed by atoms with Crippen molar-refractivity contribution < 1.29 is 33.8 Å². The average Bonchev–Trinajstić information content (AvgIpc) is 2.71. The first-order valence-corrected chi connectivity index (χ1v) is 9.27. The fourth-order valence-corrected chi connectivity index (χ4v) is 2.98. The van der Waals surface area contributed by atoms with Gasteiger partial charge in [-0.15, -0.1) is 0 Å². The second-order valence-electron chi connectivity index (χ2n) is 6.77. The first-order chi connectivity index (χ1) is 14.7. The van der Waals surface area contributed by atoms with Crippen LogP contribution in [0.1, 0.15) is 18.1 Å². The number of aliphatic carboxylic acids is 1. The standard InChI is InChI=1S/C22H20N2O7/c1-12-6-4-8-15(10-12)24-20(26)16(19(25)23-22(24)29)11-14-7-5-9-17(30-3)18(14)31-13(2)21(27)28/h4-11,13H,1-3H3,(H,27,28)(H,23,25,29)/b16-11+/t13-/m0/s1. The Hall–Kier alpha value is -4.14. The van der Waals surface area contributed by atoms with Crippen LogP contribution in [0.25, 0.3) is 6.08 Å². The van der Waals surface area contributed by atoms with E-state index in [-0.39, 0.29) is 22.6 Å². The smallest absolute Gasteiger partial charge is 0.344 e. The minimum Gasteiger partial charge on any atom is -0.493 e. The molecule has 0 unspecified atom stereocenters. The minimum atomic E-state index is -1.21. The third kappa shape index (κ3) is 4.40. The summed E-state index contributed by atoms with van der Waals surface area (Å²) in [6.07, 6.45) is 0.0222. The second-order valence-corrected chi connectivity index (χ2v) is 6.77. The third-order valence-electron chi connectivity index (χ3n) is 4.53. The maximum atomic E-state index is 13.1. The van der Waals surface area contributed by atoms with Crippen LogP contribution in [0.5, 0.6) is 11.5 Å². The van der Waals surface area contributed by atoms with Crippen molar-refractivity contribution in [3.05, 3.63) is 59.2 Å². The molecule has 1 saturated heterocycles. The predicted octanol–water partition coefficient (Wildman–Crippen LogP) is 2.52. The average molecular weight is 424 g/mol. The summed E-state index contributed by atoms with van der Waals surface area (Å²) < 4.78 is 10.7. The van der Waals surface area contributed by atoms with Crippen LogP contribution in [0.4, 0.5) is 10.5 Å². The molecule has 1 fully saturated rings. The van der Waals surface area contributed by atoms with E-state index in [1.54, 1.807) is 43.3 Å². The number of anilines is 1. The van der Waals surface area contributed by atoms with Crippen molar-refractivity contribution in [2.45, 2.75) is 20.0 Å². The number of urea groups is 1. The van der Waals surface area contributed by atoms with E-state index in [9.17, 15) is 24.3 Å². The van der Waals surface area contributed by atoms with Gasteiger partial charge in [0.1, 0.15) is 5.57 Å². The van der Waals surface area contributed by atoms with E-state index in [0.29, 0.717) is 5.69 Å². The molecule has 0 bridgehead atoms. The van der Waals surface area contributed by atoms with E-state index in [1.807, 2.05) is 0 Å². The number of aryl methyl sites for hydroxylation is 1. The Labute approximate surface area is 177 Å². The van der Waals surface area contributed by atoms with E-state index in [2.05, 4.69) is 5.32 Å². The number of carboxylic acids is 1. The van der Waals surface area contributed by atoms with E-state index >= 15 is 0 Å². The molecule has 1 aliphatic heterocycles. The van der Waals surface area contributed by atoms with Gasteiger partial charge in [-0.1, -0.05) is 24.3 Å². The number of hydrogen-bond acceptors (Lipinski definition) is 6. The molecule has 31 heavy (non-hydrogen) atoms. The van der Waals surface area contributed by atoms with Gasteiger partial charge in [-0.25, -0.2) is 14.5 Å². The van der Waals surface area contributed by atoms with Gasteiger partial charge in [0, 0.05) is 5.56 Å². The lowest BCUT2D eigenvalue weighted by Gasteiger charge is -2.26.